The van der Waals surface area contributed by atoms with Gasteiger partial charge in [0.15, 0.2) is 11.3 Å². The summed E-state index contributed by atoms with van der Waals surface area (Å²) < 4.78 is 5.71. The number of pyridine rings is 1. The molecule has 2 aromatic rings. The van der Waals surface area contributed by atoms with E-state index in [2.05, 4.69) is 15.2 Å². The highest BCUT2D eigenvalue weighted by Crippen LogP contribution is 2.27. The maximum Gasteiger partial charge on any atom is 0.289 e. The van der Waals surface area contributed by atoms with Gasteiger partial charge in [0, 0.05) is 49.1 Å². The molecule has 5 heterocycles. The Kier molecular flexibility index (Phi) is 4.76. The molecule has 5 rings (SSSR count). The largest absolute Gasteiger partial charge is 0.449 e. The number of nitrogens with zero attached hydrogens (tertiary/aromatic N) is 3. The number of piperidine rings is 1. The molecular weight excluding hydrogens is 376 g/mol. The van der Waals surface area contributed by atoms with Gasteiger partial charge in [0.1, 0.15) is 5.69 Å². The molecule has 3 unspecified atom stereocenters. The zero-order chi connectivity index (χ0) is 19.1. The van der Waals surface area contributed by atoms with Crippen LogP contribution in [-0.2, 0) is 0 Å². The third-order valence-corrected chi connectivity index (χ3v) is 6.89. The first-order valence-electron chi connectivity index (χ1n) is 9.95. The number of furan rings is 1. The van der Waals surface area contributed by atoms with E-state index in [1.165, 1.54) is 6.42 Å². The fraction of sp³-hybridized carbons (Fsp3) is 0.550. The summed E-state index contributed by atoms with van der Waals surface area (Å²) in [7, 11) is 0. The highest BCUT2D eigenvalue weighted by Gasteiger charge is 2.33. The summed E-state index contributed by atoms with van der Waals surface area (Å²) in [5, 5.41) is 3.87. The average molecular weight is 401 g/mol. The lowest BCUT2D eigenvalue weighted by Gasteiger charge is -2.30. The molecule has 28 heavy (non-hydrogen) atoms. The number of carbonyl (C=O) groups excluding carboxylic acids is 2. The van der Waals surface area contributed by atoms with Crippen LogP contribution >= 0.6 is 11.8 Å². The van der Waals surface area contributed by atoms with Crippen molar-refractivity contribution >= 4 is 34.5 Å². The van der Waals surface area contributed by atoms with Gasteiger partial charge < -0.3 is 19.5 Å². The van der Waals surface area contributed by atoms with Crippen LogP contribution in [0.1, 0.15) is 33.9 Å². The van der Waals surface area contributed by atoms with Crippen molar-refractivity contribution in [1.29, 1.82) is 0 Å². The van der Waals surface area contributed by atoms with Gasteiger partial charge in [0.05, 0.1) is 6.20 Å². The molecule has 3 aliphatic heterocycles. The fourth-order valence-corrected chi connectivity index (χ4v) is 5.42. The van der Waals surface area contributed by atoms with Crippen molar-refractivity contribution in [2.45, 2.75) is 18.9 Å². The van der Waals surface area contributed by atoms with Crippen molar-refractivity contribution < 1.29 is 14.0 Å². The second-order valence-corrected chi connectivity index (χ2v) is 9.17. The Morgan fingerprint density at radius 2 is 2.04 bits per heavy atom. The van der Waals surface area contributed by atoms with E-state index in [1.54, 1.807) is 18.3 Å². The summed E-state index contributed by atoms with van der Waals surface area (Å²) in [6, 6.07) is 3.63. The van der Waals surface area contributed by atoms with E-state index in [1.807, 2.05) is 16.7 Å². The summed E-state index contributed by atoms with van der Waals surface area (Å²) in [5.41, 5.74) is 0.905. The van der Waals surface area contributed by atoms with E-state index in [9.17, 15) is 9.59 Å². The highest BCUT2D eigenvalue weighted by atomic mass is 32.2. The number of amides is 2. The summed E-state index contributed by atoms with van der Waals surface area (Å²) in [5.74, 6) is 2.68. The zero-order valence-electron chi connectivity index (χ0n) is 15.7. The van der Waals surface area contributed by atoms with Crippen LogP contribution in [0.2, 0.25) is 0 Å². The second kappa shape index (κ2) is 7.40. The molecule has 1 N–H and O–H groups in total. The van der Waals surface area contributed by atoms with Crippen molar-refractivity contribution in [2.24, 2.45) is 5.92 Å². The lowest BCUT2D eigenvalue weighted by atomic mass is 9.97. The van der Waals surface area contributed by atoms with Crippen molar-refractivity contribution in [1.82, 2.24) is 20.1 Å². The van der Waals surface area contributed by atoms with Crippen molar-refractivity contribution in [3.05, 3.63) is 29.8 Å². The van der Waals surface area contributed by atoms with Gasteiger partial charge in [-0.1, -0.05) is 0 Å². The van der Waals surface area contributed by atoms with Crippen molar-refractivity contribution in [2.75, 3.05) is 44.2 Å². The van der Waals surface area contributed by atoms with Crippen LogP contribution in [0.5, 0.6) is 0 Å². The monoisotopic (exact) mass is 400 g/mol. The van der Waals surface area contributed by atoms with E-state index in [-0.39, 0.29) is 17.9 Å². The smallest absolute Gasteiger partial charge is 0.289 e. The maximum absolute atomic E-state index is 12.7. The van der Waals surface area contributed by atoms with Gasteiger partial charge in [-0.05, 0) is 37.4 Å². The molecule has 3 aliphatic rings. The van der Waals surface area contributed by atoms with Gasteiger partial charge in [-0.3, -0.25) is 9.59 Å². The van der Waals surface area contributed by atoms with Gasteiger partial charge in [-0.25, -0.2) is 4.98 Å². The first-order chi connectivity index (χ1) is 13.7. The van der Waals surface area contributed by atoms with Crippen molar-refractivity contribution in [3.8, 4) is 0 Å². The number of nitrogens with one attached hydrogen (secondary N) is 1. The van der Waals surface area contributed by atoms with E-state index < -0.39 is 0 Å². The summed E-state index contributed by atoms with van der Waals surface area (Å²) in [4.78, 5) is 33.8. The summed E-state index contributed by atoms with van der Waals surface area (Å²) in [6.45, 7) is 4.71. The molecule has 7 nitrogen and oxygen atoms in total. The number of fused-ring (bicyclic) bond motifs is 3. The van der Waals surface area contributed by atoms with E-state index in [0.717, 1.165) is 56.0 Å². The summed E-state index contributed by atoms with van der Waals surface area (Å²) >= 11 is 1.86. The molecule has 3 atom stereocenters. The molecule has 0 saturated carbocycles. The second-order valence-electron chi connectivity index (χ2n) is 7.94. The van der Waals surface area contributed by atoms with Gasteiger partial charge in [0.25, 0.3) is 11.8 Å². The maximum atomic E-state index is 12.7. The molecule has 0 aliphatic carbocycles. The van der Waals surface area contributed by atoms with Gasteiger partial charge in [-0.15, -0.1) is 0 Å². The molecule has 3 saturated heterocycles. The molecule has 2 amide bonds. The van der Waals surface area contributed by atoms with Gasteiger partial charge >= 0.3 is 0 Å². The zero-order valence-corrected chi connectivity index (χ0v) is 16.5. The molecule has 2 aromatic heterocycles. The predicted octanol–water partition coefficient (Wildman–Crippen LogP) is 1.84. The molecule has 148 valence electrons. The first-order valence-corrected chi connectivity index (χ1v) is 11.1. The standard InChI is InChI=1S/C20H24N4O3S/c25-19(22-15-7-13-1-2-23(11-13)12-15)16-8-14-9-17(27-18(14)10-21-16)20(26)24-3-5-28-6-4-24/h8-10,13,15H,1-7,11-12H2,(H,22,25). The fourth-order valence-electron chi connectivity index (χ4n) is 4.52. The Balaban J connectivity index is 1.30. The molecule has 8 heteroatoms. The lowest BCUT2D eigenvalue weighted by Crippen LogP contribution is -2.47. The Morgan fingerprint density at radius 1 is 1.18 bits per heavy atom. The number of aromatic nitrogens is 1. The highest BCUT2D eigenvalue weighted by molar-refractivity contribution is 7.99. The molecular formula is C20H24N4O3S. The van der Waals surface area contributed by atoms with Crippen LogP contribution < -0.4 is 5.32 Å². The lowest BCUT2D eigenvalue weighted by molar-refractivity contribution is 0.0742. The minimum Gasteiger partial charge on any atom is -0.449 e. The molecule has 3 fully saturated rings. The number of hydrogen-bond donors (Lipinski definition) is 1. The minimum atomic E-state index is -0.156. The third kappa shape index (κ3) is 3.51. The number of rotatable bonds is 3. The van der Waals surface area contributed by atoms with Crippen LogP contribution in [-0.4, -0.2) is 76.9 Å². The average Bonchev–Trinajstić information content (AvgIpc) is 3.30. The molecule has 2 bridgehead atoms. The van der Waals surface area contributed by atoms with Crippen LogP contribution in [0.3, 0.4) is 0 Å². The van der Waals surface area contributed by atoms with Crippen molar-refractivity contribution in [3.63, 3.8) is 0 Å². The quantitative estimate of drug-likeness (QED) is 0.847. The number of thioether (sulfide) groups is 1. The van der Waals surface area contributed by atoms with E-state index in [0.29, 0.717) is 23.0 Å². The normalized spacial score (nSPS) is 27.1. The van der Waals surface area contributed by atoms with E-state index >= 15 is 0 Å². The third-order valence-electron chi connectivity index (χ3n) is 5.95. The Bertz CT molecular complexity index is 896. The van der Waals surface area contributed by atoms with Gasteiger partial charge in [-0.2, -0.15) is 11.8 Å². The molecule has 0 radical (unpaired) electrons. The van der Waals surface area contributed by atoms with Gasteiger partial charge in [0.2, 0.25) is 0 Å². The Labute approximate surface area is 167 Å². The summed E-state index contributed by atoms with van der Waals surface area (Å²) in [6.07, 6.45) is 3.82. The first kappa shape index (κ1) is 18.0. The minimum absolute atomic E-state index is 0.0887. The Morgan fingerprint density at radius 3 is 2.86 bits per heavy atom. The predicted molar refractivity (Wildman–Crippen MR) is 108 cm³/mol. The van der Waals surface area contributed by atoms with Crippen LogP contribution in [0, 0.1) is 5.92 Å². The van der Waals surface area contributed by atoms with Crippen LogP contribution in [0.15, 0.2) is 22.7 Å². The SMILES string of the molecule is O=C(NC1CC2CCN(C2)C1)c1cc2cc(C(=O)N3CCSCC3)oc2cn1. The number of hydrogen-bond acceptors (Lipinski definition) is 6. The molecule has 0 spiro atoms. The van der Waals surface area contributed by atoms with Crippen LogP contribution in [0.25, 0.3) is 11.0 Å². The van der Waals surface area contributed by atoms with Crippen LogP contribution in [0.4, 0.5) is 0 Å². The molecule has 0 aromatic carbocycles. The topological polar surface area (TPSA) is 78.7 Å². The number of carbonyl (C=O) groups is 2. The van der Waals surface area contributed by atoms with E-state index in [4.69, 9.17) is 4.42 Å². The Hall–Kier alpha value is -2.06.